The van der Waals surface area contributed by atoms with Crippen molar-refractivity contribution in [2.24, 2.45) is 0 Å². The summed E-state index contributed by atoms with van der Waals surface area (Å²) in [6.07, 6.45) is 1.75. The van der Waals surface area contributed by atoms with E-state index in [0.717, 1.165) is 5.39 Å². The summed E-state index contributed by atoms with van der Waals surface area (Å²) < 4.78 is 0. The number of nitrogens with two attached hydrogens (primary N) is 1. The van der Waals surface area contributed by atoms with Crippen LogP contribution in [0, 0.1) is 0 Å². The van der Waals surface area contributed by atoms with Crippen LogP contribution in [-0.4, -0.2) is 25.8 Å². The zero-order chi connectivity index (χ0) is 14.8. The van der Waals surface area contributed by atoms with Crippen molar-refractivity contribution in [2.45, 2.75) is 0 Å². The first kappa shape index (κ1) is 13.1. The van der Waals surface area contributed by atoms with Crippen LogP contribution in [0.15, 0.2) is 30.5 Å². The third-order valence-electron chi connectivity index (χ3n) is 2.66. The predicted molar refractivity (Wildman–Crippen MR) is 78.6 cm³/mol. The lowest BCUT2D eigenvalue weighted by Crippen LogP contribution is -2.30. The second kappa shape index (κ2) is 5.25. The number of H-pyrrole nitrogens is 1. The summed E-state index contributed by atoms with van der Waals surface area (Å²) in [7, 11) is 0. The number of amides is 1. The SMILES string of the molecule is Nc1nc(Cl)cc(NNC(=O)c2ccc3cc[nH]c3n2)n1. The number of hydrogen-bond donors (Lipinski definition) is 4. The van der Waals surface area contributed by atoms with E-state index in [0.29, 0.717) is 5.65 Å². The first-order valence-electron chi connectivity index (χ1n) is 5.92. The van der Waals surface area contributed by atoms with Gasteiger partial charge in [0, 0.05) is 17.6 Å². The van der Waals surface area contributed by atoms with Gasteiger partial charge in [-0.25, -0.2) is 9.97 Å². The Bertz CT molecular complexity index is 796. The molecule has 0 fully saturated rings. The van der Waals surface area contributed by atoms with Gasteiger partial charge in [-0.05, 0) is 18.2 Å². The summed E-state index contributed by atoms with van der Waals surface area (Å²) >= 11 is 5.74. The molecule has 1 amide bonds. The van der Waals surface area contributed by atoms with E-state index in [4.69, 9.17) is 17.3 Å². The second-order valence-electron chi connectivity index (χ2n) is 4.13. The number of nitrogens with one attached hydrogen (secondary N) is 3. The van der Waals surface area contributed by atoms with Crippen molar-refractivity contribution >= 4 is 40.3 Å². The molecule has 0 radical (unpaired) electrons. The fraction of sp³-hybridized carbons (Fsp3) is 0. The number of anilines is 2. The molecule has 3 heterocycles. The van der Waals surface area contributed by atoms with Gasteiger partial charge in [-0.1, -0.05) is 11.6 Å². The van der Waals surface area contributed by atoms with Gasteiger partial charge in [-0.15, -0.1) is 0 Å². The maximum absolute atomic E-state index is 12.0. The number of hydrazine groups is 1. The van der Waals surface area contributed by atoms with E-state index in [9.17, 15) is 4.79 Å². The van der Waals surface area contributed by atoms with Crippen LogP contribution < -0.4 is 16.6 Å². The molecule has 0 aliphatic rings. The van der Waals surface area contributed by atoms with Crippen molar-refractivity contribution in [3.05, 3.63) is 41.3 Å². The average Bonchev–Trinajstić information content (AvgIpc) is 2.91. The highest BCUT2D eigenvalue weighted by atomic mass is 35.5. The molecule has 3 aromatic heterocycles. The normalized spacial score (nSPS) is 10.5. The van der Waals surface area contributed by atoms with Crippen LogP contribution in [0.4, 0.5) is 11.8 Å². The lowest BCUT2D eigenvalue weighted by molar-refractivity contribution is 0.0958. The van der Waals surface area contributed by atoms with Crippen LogP contribution in [-0.2, 0) is 0 Å². The van der Waals surface area contributed by atoms with Gasteiger partial charge in [0.05, 0.1) is 0 Å². The van der Waals surface area contributed by atoms with Crippen molar-refractivity contribution in [2.75, 3.05) is 11.2 Å². The Balaban J connectivity index is 1.73. The molecule has 0 saturated carbocycles. The number of aromatic nitrogens is 4. The van der Waals surface area contributed by atoms with Crippen LogP contribution in [0.5, 0.6) is 0 Å². The van der Waals surface area contributed by atoms with Gasteiger partial charge in [0.1, 0.15) is 16.5 Å². The van der Waals surface area contributed by atoms with Crippen LogP contribution in [0.25, 0.3) is 11.0 Å². The minimum atomic E-state index is -0.417. The van der Waals surface area contributed by atoms with Crippen molar-refractivity contribution in [1.82, 2.24) is 25.4 Å². The molecule has 0 bridgehead atoms. The third-order valence-corrected chi connectivity index (χ3v) is 2.85. The minimum absolute atomic E-state index is 0.00480. The van der Waals surface area contributed by atoms with Crippen molar-refractivity contribution in [3.63, 3.8) is 0 Å². The molecule has 3 rings (SSSR count). The number of nitrogens with zero attached hydrogens (tertiary/aromatic N) is 3. The average molecular weight is 304 g/mol. The zero-order valence-corrected chi connectivity index (χ0v) is 11.3. The van der Waals surface area contributed by atoms with Gasteiger partial charge >= 0.3 is 0 Å². The van der Waals surface area contributed by atoms with Gasteiger partial charge in [0.25, 0.3) is 5.91 Å². The van der Waals surface area contributed by atoms with Crippen LogP contribution in [0.2, 0.25) is 5.15 Å². The van der Waals surface area contributed by atoms with E-state index in [1.807, 2.05) is 6.07 Å². The molecule has 0 aliphatic heterocycles. The number of fused-ring (bicyclic) bond motifs is 1. The molecule has 9 heteroatoms. The lowest BCUT2D eigenvalue weighted by atomic mass is 10.3. The van der Waals surface area contributed by atoms with Crippen LogP contribution >= 0.6 is 11.6 Å². The molecular formula is C12H10ClN7O. The Kier molecular flexibility index (Phi) is 3.28. The summed E-state index contributed by atoms with van der Waals surface area (Å²) in [6, 6.07) is 6.72. The Morgan fingerprint density at radius 2 is 2.10 bits per heavy atom. The summed E-state index contributed by atoms with van der Waals surface area (Å²) in [6.45, 7) is 0. The highest BCUT2D eigenvalue weighted by molar-refractivity contribution is 6.29. The first-order valence-corrected chi connectivity index (χ1v) is 6.30. The number of nitrogen functional groups attached to an aromatic ring is 1. The fourth-order valence-electron chi connectivity index (χ4n) is 1.74. The molecule has 5 N–H and O–H groups in total. The van der Waals surface area contributed by atoms with E-state index < -0.39 is 5.91 Å². The second-order valence-corrected chi connectivity index (χ2v) is 4.51. The van der Waals surface area contributed by atoms with Gasteiger partial charge in [0.15, 0.2) is 5.82 Å². The number of aromatic amines is 1. The smallest absolute Gasteiger partial charge is 0.288 e. The standard InChI is InChI=1S/C12H10ClN7O/c13-8-5-9(18-12(14)17-8)19-20-11(21)7-2-1-6-3-4-15-10(6)16-7/h1-5H,(H,15,16)(H,20,21)(H3,14,17,18,19). The molecule has 3 aromatic rings. The highest BCUT2D eigenvalue weighted by Gasteiger charge is 2.09. The quantitative estimate of drug-likeness (QED) is 0.428. The van der Waals surface area contributed by atoms with Gasteiger partial charge < -0.3 is 10.7 Å². The Morgan fingerprint density at radius 3 is 2.90 bits per heavy atom. The van der Waals surface area contributed by atoms with E-state index in [-0.39, 0.29) is 22.6 Å². The van der Waals surface area contributed by atoms with Gasteiger partial charge in [0.2, 0.25) is 5.95 Å². The fourth-order valence-corrected chi connectivity index (χ4v) is 1.93. The Hall–Kier alpha value is -2.87. The molecule has 106 valence electrons. The van der Waals surface area contributed by atoms with E-state index in [1.54, 1.807) is 18.3 Å². The van der Waals surface area contributed by atoms with Crippen molar-refractivity contribution in [1.29, 1.82) is 0 Å². The number of carbonyl (C=O) groups excluding carboxylic acids is 1. The molecule has 0 saturated heterocycles. The third kappa shape index (κ3) is 2.84. The molecule has 8 nitrogen and oxygen atoms in total. The molecule has 0 aliphatic carbocycles. The Morgan fingerprint density at radius 1 is 1.24 bits per heavy atom. The zero-order valence-electron chi connectivity index (χ0n) is 10.6. The number of pyridine rings is 1. The van der Waals surface area contributed by atoms with E-state index >= 15 is 0 Å². The molecule has 0 atom stereocenters. The largest absolute Gasteiger partial charge is 0.368 e. The predicted octanol–water partition coefficient (Wildman–Crippen LogP) is 1.35. The molecular weight excluding hydrogens is 294 g/mol. The molecule has 0 spiro atoms. The van der Waals surface area contributed by atoms with E-state index in [1.165, 1.54) is 6.07 Å². The number of halogens is 1. The maximum Gasteiger partial charge on any atom is 0.288 e. The first-order chi connectivity index (χ1) is 10.1. The summed E-state index contributed by atoms with van der Waals surface area (Å²) in [5.74, 6) is -0.133. The monoisotopic (exact) mass is 303 g/mol. The summed E-state index contributed by atoms with van der Waals surface area (Å²) in [5.41, 5.74) is 11.4. The molecule has 0 unspecified atom stereocenters. The minimum Gasteiger partial charge on any atom is -0.368 e. The lowest BCUT2D eigenvalue weighted by Gasteiger charge is -2.07. The molecule has 0 aromatic carbocycles. The van der Waals surface area contributed by atoms with Crippen molar-refractivity contribution in [3.8, 4) is 0 Å². The Labute approximate surface area is 123 Å². The van der Waals surface area contributed by atoms with Crippen LogP contribution in [0.1, 0.15) is 10.5 Å². The summed E-state index contributed by atoms with van der Waals surface area (Å²) in [4.78, 5) is 26.7. The number of carbonyl (C=O) groups is 1. The molecule has 21 heavy (non-hydrogen) atoms. The highest BCUT2D eigenvalue weighted by Crippen LogP contribution is 2.12. The number of rotatable bonds is 3. The van der Waals surface area contributed by atoms with Crippen molar-refractivity contribution < 1.29 is 4.79 Å². The van der Waals surface area contributed by atoms with Gasteiger partial charge in [-0.2, -0.15) is 4.98 Å². The van der Waals surface area contributed by atoms with Gasteiger partial charge in [-0.3, -0.25) is 15.6 Å². The van der Waals surface area contributed by atoms with Crippen LogP contribution in [0.3, 0.4) is 0 Å². The topological polar surface area (TPSA) is 122 Å². The van der Waals surface area contributed by atoms with E-state index in [2.05, 4.69) is 30.8 Å². The number of hydrogen-bond acceptors (Lipinski definition) is 6. The summed E-state index contributed by atoms with van der Waals surface area (Å²) in [5, 5.41) is 1.10. The maximum atomic E-state index is 12.0.